The van der Waals surface area contributed by atoms with E-state index in [0.717, 1.165) is 16.5 Å². The van der Waals surface area contributed by atoms with Crippen LogP contribution in [0, 0.1) is 6.92 Å². The number of rotatable bonds is 11. The lowest BCUT2D eigenvalue weighted by atomic mass is 10.1. The van der Waals surface area contributed by atoms with E-state index in [0.29, 0.717) is 59.2 Å². The highest BCUT2D eigenvalue weighted by Gasteiger charge is 2.22. The molecular formula is C31H34N2O6. The Hall–Kier alpha value is -4.46. The fourth-order valence-electron chi connectivity index (χ4n) is 4.58. The predicted molar refractivity (Wildman–Crippen MR) is 151 cm³/mol. The van der Waals surface area contributed by atoms with Gasteiger partial charge in [-0.1, -0.05) is 29.8 Å². The minimum Gasteiger partial charge on any atom is -0.494 e. The molecule has 4 aromatic rings. The Morgan fingerprint density at radius 3 is 2.31 bits per heavy atom. The number of hydrogen-bond acceptors (Lipinski definition) is 6. The molecular weight excluding hydrogens is 496 g/mol. The molecule has 1 heterocycles. The Labute approximate surface area is 228 Å². The number of carbonyl (C=O) groups is 1. The van der Waals surface area contributed by atoms with E-state index in [2.05, 4.69) is 11.1 Å². The fraction of sp³-hybridized carbons (Fsp3) is 0.290. The highest BCUT2D eigenvalue weighted by molar-refractivity contribution is 5.95. The zero-order chi connectivity index (χ0) is 27.9. The van der Waals surface area contributed by atoms with Crippen molar-refractivity contribution in [2.45, 2.75) is 26.8 Å². The number of hydrogen-bond donors (Lipinski definition) is 1. The zero-order valence-electron chi connectivity index (χ0n) is 23.0. The van der Waals surface area contributed by atoms with Crippen LogP contribution in [0.2, 0.25) is 0 Å². The van der Waals surface area contributed by atoms with Gasteiger partial charge in [-0.3, -0.25) is 9.59 Å². The number of methoxy groups -OCH3 is 3. The lowest BCUT2D eigenvalue weighted by molar-refractivity contribution is 0.0743. The molecule has 8 heteroatoms. The zero-order valence-corrected chi connectivity index (χ0v) is 23.0. The quantitative estimate of drug-likeness (QED) is 0.289. The number of amides is 1. The first-order valence-electron chi connectivity index (χ1n) is 12.8. The van der Waals surface area contributed by atoms with Crippen LogP contribution >= 0.6 is 0 Å². The third-order valence-corrected chi connectivity index (χ3v) is 6.52. The van der Waals surface area contributed by atoms with Gasteiger partial charge in [0.25, 0.3) is 11.5 Å². The molecule has 0 aliphatic heterocycles. The van der Waals surface area contributed by atoms with E-state index in [1.165, 1.54) is 21.3 Å². The molecule has 39 heavy (non-hydrogen) atoms. The number of aromatic nitrogens is 1. The van der Waals surface area contributed by atoms with E-state index < -0.39 is 0 Å². The van der Waals surface area contributed by atoms with Gasteiger partial charge >= 0.3 is 0 Å². The van der Waals surface area contributed by atoms with Crippen LogP contribution in [0.1, 0.15) is 34.0 Å². The molecule has 204 valence electrons. The minimum atomic E-state index is -0.260. The Morgan fingerprint density at radius 2 is 1.67 bits per heavy atom. The predicted octanol–water partition coefficient (Wildman–Crippen LogP) is 5.15. The maximum atomic E-state index is 13.9. The van der Waals surface area contributed by atoms with Gasteiger partial charge in [0, 0.05) is 28.6 Å². The van der Waals surface area contributed by atoms with Crippen molar-refractivity contribution in [1.29, 1.82) is 0 Å². The Morgan fingerprint density at radius 1 is 0.923 bits per heavy atom. The van der Waals surface area contributed by atoms with E-state index in [-0.39, 0.29) is 18.0 Å². The van der Waals surface area contributed by atoms with Crippen LogP contribution < -0.4 is 24.5 Å². The van der Waals surface area contributed by atoms with Crippen LogP contribution in [0.5, 0.6) is 23.0 Å². The van der Waals surface area contributed by atoms with Crippen molar-refractivity contribution in [3.05, 3.63) is 93.3 Å². The summed E-state index contributed by atoms with van der Waals surface area (Å²) in [6.07, 6.45) is 0.623. The molecule has 1 aromatic heterocycles. The minimum absolute atomic E-state index is 0.117. The van der Waals surface area contributed by atoms with Crippen LogP contribution in [0.15, 0.2) is 65.5 Å². The van der Waals surface area contributed by atoms with Crippen molar-refractivity contribution in [1.82, 2.24) is 9.88 Å². The monoisotopic (exact) mass is 530 g/mol. The summed E-state index contributed by atoms with van der Waals surface area (Å²) in [5.74, 6) is 1.62. The topological polar surface area (TPSA) is 90.1 Å². The van der Waals surface area contributed by atoms with Crippen LogP contribution in [0.3, 0.4) is 0 Å². The number of carbonyl (C=O) groups excluding carboxylic acids is 1. The third-order valence-electron chi connectivity index (χ3n) is 6.52. The van der Waals surface area contributed by atoms with E-state index >= 15 is 0 Å². The maximum Gasteiger partial charge on any atom is 0.254 e. The van der Waals surface area contributed by atoms with Gasteiger partial charge in [-0.2, -0.15) is 0 Å². The summed E-state index contributed by atoms with van der Waals surface area (Å²) >= 11 is 0. The first-order chi connectivity index (χ1) is 18.9. The van der Waals surface area contributed by atoms with Gasteiger partial charge in [0.1, 0.15) is 5.75 Å². The first-order valence-corrected chi connectivity index (χ1v) is 12.8. The van der Waals surface area contributed by atoms with Gasteiger partial charge in [-0.25, -0.2) is 0 Å². The summed E-state index contributed by atoms with van der Waals surface area (Å²) < 4.78 is 22.0. The summed E-state index contributed by atoms with van der Waals surface area (Å²) in [6.45, 7) is 5.01. The molecule has 1 amide bonds. The van der Waals surface area contributed by atoms with Crippen molar-refractivity contribution in [3.63, 3.8) is 0 Å². The molecule has 8 nitrogen and oxygen atoms in total. The molecule has 0 saturated carbocycles. The third kappa shape index (κ3) is 6.34. The summed E-state index contributed by atoms with van der Waals surface area (Å²) in [5, 5.41) is 0.828. The number of nitrogens with one attached hydrogen (secondary N) is 1. The Kier molecular flexibility index (Phi) is 8.76. The molecule has 0 aliphatic rings. The van der Waals surface area contributed by atoms with Crippen molar-refractivity contribution < 1.29 is 23.7 Å². The second-order valence-corrected chi connectivity index (χ2v) is 9.19. The van der Waals surface area contributed by atoms with Crippen LogP contribution in [-0.4, -0.2) is 50.3 Å². The SMILES string of the molecule is CCOc1ccc2[nH]c(=O)c(CN(CCc3cccc(C)c3)C(=O)c3cc(OC)c(OC)c(OC)c3)cc2c1. The molecule has 0 radical (unpaired) electrons. The average Bonchev–Trinajstić information content (AvgIpc) is 2.94. The smallest absolute Gasteiger partial charge is 0.254 e. The molecule has 0 unspecified atom stereocenters. The number of nitrogens with zero attached hydrogens (tertiary/aromatic N) is 1. The molecule has 1 N–H and O–H groups in total. The lowest BCUT2D eigenvalue weighted by Crippen LogP contribution is -2.34. The highest BCUT2D eigenvalue weighted by Crippen LogP contribution is 2.38. The van der Waals surface area contributed by atoms with Crippen molar-refractivity contribution >= 4 is 16.8 Å². The number of aromatic amines is 1. The van der Waals surface area contributed by atoms with Gasteiger partial charge in [0.2, 0.25) is 5.75 Å². The lowest BCUT2D eigenvalue weighted by Gasteiger charge is -2.24. The number of aryl methyl sites for hydroxylation is 1. The molecule has 0 spiro atoms. The molecule has 4 rings (SSSR count). The van der Waals surface area contributed by atoms with E-state index in [4.69, 9.17) is 18.9 Å². The largest absolute Gasteiger partial charge is 0.494 e. The fourth-order valence-corrected chi connectivity index (χ4v) is 4.58. The van der Waals surface area contributed by atoms with E-state index in [1.807, 2.05) is 56.3 Å². The number of H-pyrrole nitrogens is 1. The van der Waals surface area contributed by atoms with Crippen molar-refractivity contribution in [3.8, 4) is 23.0 Å². The van der Waals surface area contributed by atoms with Crippen LogP contribution in [0.25, 0.3) is 10.9 Å². The Balaban J connectivity index is 1.72. The van der Waals surface area contributed by atoms with Gasteiger partial charge in [0.05, 0.1) is 34.5 Å². The van der Waals surface area contributed by atoms with E-state index in [1.54, 1.807) is 17.0 Å². The first kappa shape index (κ1) is 27.6. The molecule has 0 bridgehead atoms. The molecule has 0 aliphatic carbocycles. The number of ether oxygens (including phenoxy) is 4. The summed E-state index contributed by atoms with van der Waals surface area (Å²) in [5.41, 5.74) is 3.54. The summed E-state index contributed by atoms with van der Waals surface area (Å²) in [4.78, 5) is 31.6. The van der Waals surface area contributed by atoms with E-state index in [9.17, 15) is 9.59 Å². The number of pyridine rings is 1. The second kappa shape index (κ2) is 12.4. The molecule has 0 atom stereocenters. The Bertz CT molecular complexity index is 1500. The number of benzene rings is 3. The average molecular weight is 531 g/mol. The molecule has 0 saturated heterocycles. The standard InChI is InChI=1S/C31H34N2O6/c1-6-39-25-10-11-26-22(16-25)15-24(30(34)32-26)19-33(13-12-21-9-7-8-20(2)14-21)31(35)23-17-27(36-3)29(38-5)28(18-23)37-4/h7-11,14-18H,6,12-13,19H2,1-5H3,(H,32,34). The highest BCUT2D eigenvalue weighted by atomic mass is 16.5. The number of fused-ring (bicyclic) bond motifs is 1. The van der Waals surface area contributed by atoms with Crippen LogP contribution in [-0.2, 0) is 13.0 Å². The van der Waals surface area contributed by atoms with Crippen molar-refractivity contribution in [2.24, 2.45) is 0 Å². The second-order valence-electron chi connectivity index (χ2n) is 9.19. The maximum absolute atomic E-state index is 13.9. The summed E-state index contributed by atoms with van der Waals surface area (Å²) in [7, 11) is 4.53. The molecule has 3 aromatic carbocycles. The van der Waals surface area contributed by atoms with Crippen molar-refractivity contribution in [2.75, 3.05) is 34.5 Å². The summed E-state index contributed by atoms with van der Waals surface area (Å²) in [6, 6.07) is 18.8. The van der Waals surface area contributed by atoms with Crippen LogP contribution in [0.4, 0.5) is 0 Å². The normalized spacial score (nSPS) is 10.8. The van der Waals surface area contributed by atoms with Gasteiger partial charge in [-0.15, -0.1) is 0 Å². The van der Waals surface area contributed by atoms with Gasteiger partial charge < -0.3 is 28.8 Å². The molecule has 0 fully saturated rings. The van der Waals surface area contributed by atoms with Gasteiger partial charge in [-0.05, 0) is 62.2 Å². The van der Waals surface area contributed by atoms with Gasteiger partial charge in [0.15, 0.2) is 11.5 Å².